The topological polar surface area (TPSA) is 74.7 Å². The molecule has 0 fully saturated rings. The Morgan fingerprint density at radius 2 is 2.00 bits per heavy atom. The Morgan fingerprint density at radius 1 is 1.23 bits per heavy atom. The summed E-state index contributed by atoms with van der Waals surface area (Å²) in [5.74, 6) is 0. The van der Waals surface area contributed by atoms with Crippen molar-refractivity contribution in [2.75, 3.05) is 18.4 Å². The van der Waals surface area contributed by atoms with E-state index in [0.29, 0.717) is 5.56 Å². The van der Waals surface area contributed by atoms with Gasteiger partial charge in [0.2, 0.25) is 0 Å². The van der Waals surface area contributed by atoms with Crippen LogP contribution in [-0.2, 0) is 6.42 Å². The predicted molar refractivity (Wildman–Crippen MR) is 93.0 cm³/mol. The first-order valence-corrected chi connectivity index (χ1v) is 8.54. The molecule has 0 saturated carbocycles. The molecule has 1 heterocycles. The molecule has 116 valence electrons. The van der Waals surface area contributed by atoms with Crippen LogP contribution in [0.25, 0.3) is 10.4 Å². The average molecular weight is 314 g/mol. The number of hydrogen-bond donors (Lipinski definition) is 2. The van der Waals surface area contributed by atoms with E-state index in [2.05, 4.69) is 18.3 Å². The SMILES string of the molecule is CCNc1nc(CCCCCN)c(-c2ccc(C#N)cc2)s1. The van der Waals surface area contributed by atoms with Crippen molar-refractivity contribution >= 4 is 16.5 Å². The predicted octanol–water partition coefficient (Wildman–Crippen LogP) is 3.79. The monoisotopic (exact) mass is 314 g/mol. The minimum Gasteiger partial charge on any atom is -0.362 e. The van der Waals surface area contributed by atoms with E-state index in [-0.39, 0.29) is 0 Å². The van der Waals surface area contributed by atoms with E-state index in [9.17, 15) is 0 Å². The largest absolute Gasteiger partial charge is 0.362 e. The Labute approximate surface area is 136 Å². The van der Waals surface area contributed by atoms with Gasteiger partial charge in [-0.3, -0.25) is 0 Å². The summed E-state index contributed by atoms with van der Waals surface area (Å²) in [5.41, 5.74) is 8.51. The van der Waals surface area contributed by atoms with Crippen LogP contribution in [0.1, 0.15) is 37.4 Å². The van der Waals surface area contributed by atoms with Crippen LogP contribution < -0.4 is 11.1 Å². The second-order valence-electron chi connectivity index (χ2n) is 5.11. The number of nitriles is 1. The van der Waals surface area contributed by atoms with Gasteiger partial charge in [-0.1, -0.05) is 29.9 Å². The van der Waals surface area contributed by atoms with E-state index in [4.69, 9.17) is 16.0 Å². The second kappa shape index (κ2) is 8.52. The number of anilines is 1. The Kier molecular flexibility index (Phi) is 6.38. The fraction of sp³-hybridized carbons (Fsp3) is 0.412. The van der Waals surface area contributed by atoms with Crippen LogP contribution in [0.2, 0.25) is 0 Å². The Bertz CT molecular complexity index is 625. The normalized spacial score (nSPS) is 10.4. The number of aryl methyl sites for hydroxylation is 1. The van der Waals surface area contributed by atoms with Gasteiger partial charge in [0.25, 0.3) is 0 Å². The van der Waals surface area contributed by atoms with Crippen molar-refractivity contribution in [2.24, 2.45) is 5.73 Å². The van der Waals surface area contributed by atoms with Crippen LogP contribution >= 0.6 is 11.3 Å². The van der Waals surface area contributed by atoms with Crippen molar-refractivity contribution in [2.45, 2.75) is 32.6 Å². The van der Waals surface area contributed by atoms with Gasteiger partial charge < -0.3 is 11.1 Å². The molecule has 0 atom stereocenters. The zero-order valence-corrected chi connectivity index (χ0v) is 13.7. The van der Waals surface area contributed by atoms with Gasteiger partial charge in [0, 0.05) is 6.54 Å². The lowest BCUT2D eigenvalue weighted by atomic mass is 10.1. The summed E-state index contributed by atoms with van der Waals surface area (Å²) in [4.78, 5) is 5.93. The van der Waals surface area contributed by atoms with E-state index < -0.39 is 0 Å². The molecule has 0 bridgehead atoms. The number of nitrogens with two attached hydrogens (primary N) is 1. The first-order valence-electron chi connectivity index (χ1n) is 7.72. The van der Waals surface area contributed by atoms with E-state index in [1.165, 1.54) is 4.88 Å². The fourth-order valence-electron chi connectivity index (χ4n) is 2.28. The molecule has 2 aromatic rings. The number of benzene rings is 1. The average Bonchev–Trinajstić information content (AvgIpc) is 2.95. The molecule has 3 N–H and O–H groups in total. The zero-order chi connectivity index (χ0) is 15.8. The summed E-state index contributed by atoms with van der Waals surface area (Å²) in [6.07, 6.45) is 4.28. The molecule has 1 aromatic carbocycles. The second-order valence-corrected chi connectivity index (χ2v) is 6.11. The molecule has 0 aliphatic heterocycles. The van der Waals surface area contributed by atoms with Gasteiger partial charge in [0.15, 0.2) is 5.13 Å². The molecular formula is C17H22N4S. The maximum atomic E-state index is 8.91. The molecule has 22 heavy (non-hydrogen) atoms. The molecule has 2 rings (SSSR count). The van der Waals surface area contributed by atoms with E-state index in [1.54, 1.807) is 11.3 Å². The molecule has 0 spiro atoms. The van der Waals surface area contributed by atoms with Crippen molar-refractivity contribution in [3.8, 4) is 16.5 Å². The minimum absolute atomic E-state index is 0.685. The molecular weight excluding hydrogens is 292 g/mol. The standard InChI is InChI=1S/C17H22N4S/c1-2-20-17-21-15(6-4-3-5-11-18)16(22-17)14-9-7-13(12-19)8-10-14/h7-10H,2-6,11,18H2,1H3,(H,20,21). The Morgan fingerprint density at radius 3 is 2.64 bits per heavy atom. The highest BCUT2D eigenvalue weighted by Crippen LogP contribution is 2.34. The number of nitrogens with zero attached hydrogens (tertiary/aromatic N) is 2. The summed E-state index contributed by atoms with van der Waals surface area (Å²) in [6, 6.07) is 9.89. The summed E-state index contributed by atoms with van der Waals surface area (Å²) in [5, 5.41) is 13.2. The molecule has 0 aliphatic rings. The highest BCUT2D eigenvalue weighted by molar-refractivity contribution is 7.19. The maximum absolute atomic E-state index is 8.91. The highest BCUT2D eigenvalue weighted by Gasteiger charge is 2.12. The van der Waals surface area contributed by atoms with Crippen molar-refractivity contribution in [1.29, 1.82) is 5.26 Å². The minimum atomic E-state index is 0.685. The van der Waals surface area contributed by atoms with Crippen LogP contribution in [0.4, 0.5) is 5.13 Å². The molecule has 0 radical (unpaired) electrons. The number of thiazole rings is 1. The summed E-state index contributed by atoms with van der Waals surface area (Å²) in [7, 11) is 0. The Balaban J connectivity index is 2.20. The van der Waals surface area contributed by atoms with Crippen LogP contribution in [0.3, 0.4) is 0 Å². The van der Waals surface area contributed by atoms with Crippen molar-refractivity contribution in [3.05, 3.63) is 35.5 Å². The number of nitrogens with one attached hydrogen (secondary N) is 1. The van der Waals surface area contributed by atoms with Crippen molar-refractivity contribution in [1.82, 2.24) is 4.98 Å². The number of unbranched alkanes of at least 4 members (excludes halogenated alkanes) is 2. The van der Waals surface area contributed by atoms with Gasteiger partial charge in [0.05, 0.1) is 22.2 Å². The first kappa shape index (κ1) is 16.5. The summed E-state index contributed by atoms with van der Waals surface area (Å²) < 4.78 is 0. The van der Waals surface area contributed by atoms with Crippen LogP contribution in [-0.4, -0.2) is 18.1 Å². The summed E-state index contributed by atoms with van der Waals surface area (Å²) >= 11 is 1.68. The lowest BCUT2D eigenvalue weighted by Crippen LogP contribution is -1.99. The molecule has 4 nitrogen and oxygen atoms in total. The van der Waals surface area contributed by atoms with Crippen molar-refractivity contribution < 1.29 is 0 Å². The number of aromatic nitrogens is 1. The van der Waals surface area contributed by atoms with Crippen LogP contribution in [0, 0.1) is 11.3 Å². The molecule has 1 aromatic heterocycles. The zero-order valence-electron chi connectivity index (χ0n) is 12.9. The third kappa shape index (κ3) is 4.30. The molecule has 0 saturated heterocycles. The first-order chi connectivity index (χ1) is 10.8. The van der Waals surface area contributed by atoms with Crippen LogP contribution in [0.5, 0.6) is 0 Å². The van der Waals surface area contributed by atoms with Gasteiger partial charge in [-0.15, -0.1) is 0 Å². The molecule has 0 amide bonds. The summed E-state index contributed by atoms with van der Waals surface area (Å²) in [6.45, 7) is 3.69. The molecule has 5 heteroatoms. The molecule has 0 unspecified atom stereocenters. The maximum Gasteiger partial charge on any atom is 0.183 e. The quantitative estimate of drug-likeness (QED) is 0.727. The number of hydrogen-bond acceptors (Lipinski definition) is 5. The van der Waals surface area contributed by atoms with Gasteiger partial charge in [-0.2, -0.15) is 5.26 Å². The fourth-order valence-corrected chi connectivity index (χ4v) is 3.37. The van der Waals surface area contributed by atoms with E-state index in [1.807, 2.05) is 24.3 Å². The smallest absolute Gasteiger partial charge is 0.183 e. The third-order valence-corrected chi connectivity index (χ3v) is 4.52. The number of rotatable bonds is 8. The van der Waals surface area contributed by atoms with E-state index >= 15 is 0 Å². The third-order valence-electron chi connectivity index (χ3n) is 3.42. The van der Waals surface area contributed by atoms with Crippen LogP contribution in [0.15, 0.2) is 24.3 Å². The highest BCUT2D eigenvalue weighted by atomic mass is 32.1. The molecule has 0 aliphatic carbocycles. The lowest BCUT2D eigenvalue weighted by Gasteiger charge is -2.02. The van der Waals surface area contributed by atoms with Gasteiger partial charge in [-0.05, 0) is 50.4 Å². The van der Waals surface area contributed by atoms with Gasteiger partial charge in [0.1, 0.15) is 0 Å². The van der Waals surface area contributed by atoms with Gasteiger partial charge >= 0.3 is 0 Å². The Hall–Kier alpha value is -1.90. The lowest BCUT2D eigenvalue weighted by molar-refractivity contribution is 0.681. The van der Waals surface area contributed by atoms with Crippen molar-refractivity contribution in [3.63, 3.8) is 0 Å². The van der Waals surface area contributed by atoms with Gasteiger partial charge in [-0.25, -0.2) is 4.98 Å². The van der Waals surface area contributed by atoms with E-state index in [0.717, 1.165) is 55.2 Å².